The smallest absolute Gasteiger partial charge is 0.0173 e. The van der Waals surface area contributed by atoms with Crippen molar-refractivity contribution in [2.75, 3.05) is 0 Å². The van der Waals surface area contributed by atoms with Gasteiger partial charge >= 0.3 is 0 Å². The predicted octanol–water partition coefficient (Wildman–Crippen LogP) is 5.76. The van der Waals surface area contributed by atoms with Crippen LogP contribution in [0.15, 0.2) is 78.4 Å². The van der Waals surface area contributed by atoms with Gasteiger partial charge in [0.1, 0.15) is 0 Å². The Morgan fingerprint density at radius 1 is 0.905 bits per heavy atom. The summed E-state index contributed by atoms with van der Waals surface area (Å²) in [5.74, 6) is 0.493. The molecule has 3 rings (SSSR count). The molecule has 0 aromatic heterocycles. The molecule has 2 aromatic rings. The fourth-order valence-electron chi connectivity index (χ4n) is 3.24. The van der Waals surface area contributed by atoms with Crippen molar-refractivity contribution in [1.29, 1.82) is 0 Å². The lowest BCUT2D eigenvalue weighted by molar-refractivity contribution is 0.456. The van der Waals surface area contributed by atoms with E-state index in [0.29, 0.717) is 5.92 Å². The molecular weight excluding hydrogens is 252 g/mol. The highest BCUT2D eigenvalue weighted by molar-refractivity contribution is 5.69. The molecule has 21 heavy (non-hydrogen) atoms. The fourth-order valence-corrected chi connectivity index (χ4v) is 3.24. The topological polar surface area (TPSA) is 0 Å². The van der Waals surface area contributed by atoms with Crippen molar-refractivity contribution >= 4 is 0 Å². The van der Waals surface area contributed by atoms with Crippen LogP contribution in [0, 0.1) is 5.92 Å². The second-order valence-electron chi connectivity index (χ2n) is 6.23. The molecule has 0 aliphatic heterocycles. The maximum atomic E-state index is 2.38. The van der Waals surface area contributed by atoms with E-state index in [0.717, 1.165) is 0 Å². The maximum Gasteiger partial charge on any atom is 0.0173 e. The second-order valence-corrected chi connectivity index (χ2v) is 6.23. The molecule has 0 saturated heterocycles. The summed E-state index contributed by atoms with van der Waals surface area (Å²) < 4.78 is 0. The van der Waals surface area contributed by atoms with E-state index in [-0.39, 0.29) is 5.41 Å². The molecule has 2 aromatic carbocycles. The van der Waals surface area contributed by atoms with Crippen molar-refractivity contribution in [3.05, 3.63) is 84.0 Å². The monoisotopic (exact) mass is 274 g/mol. The van der Waals surface area contributed by atoms with Crippen molar-refractivity contribution in [3.63, 3.8) is 0 Å². The van der Waals surface area contributed by atoms with Crippen molar-refractivity contribution in [2.24, 2.45) is 5.92 Å². The van der Waals surface area contributed by atoms with Crippen LogP contribution in [-0.2, 0) is 5.41 Å². The minimum absolute atomic E-state index is 0.0476. The van der Waals surface area contributed by atoms with E-state index in [9.17, 15) is 0 Å². The van der Waals surface area contributed by atoms with E-state index in [4.69, 9.17) is 0 Å². The van der Waals surface area contributed by atoms with E-state index < -0.39 is 0 Å². The van der Waals surface area contributed by atoms with E-state index in [1.807, 2.05) is 0 Å². The van der Waals surface area contributed by atoms with Gasteiger partial charge in [-0.1, -0.05) is 92.2 Å². The summed E-state index contributed by atoms with van der Waals surface area (Å²) in [6, 6.07) is 19.5. The lowest BCUT2D eigenvalue weighted by Crippen LogP contribution is -2.29. The van der Waals surface area contributed by atoms with Gasteiger partial charge in [-0.25, -0.2) is 0 Å². The molecule has 0 amide bonds. The van der Waals surface area contributed by atoms with Crippen LogP contribution in [0.4, 0.5) is 0 Å². The van der Waals surface area contributed by atoms with Gasteiger partial charge in [-0.15, -0.1) is 0 Å². The molecule has 0 saturated carbocycles. The minimum atomic E-state index is 0.0476. The Hall–Kier alpha value is -2.08. The van der Waals surface area contributed by atoms with Crippen LogP contribution in [0.5, 0.6) is 0 Å². The summed E-state index contributed by atoms with van der Waals surface area (Å²) in [4.78, 5) is 0. The first-order valence-corrected chi connectivity index (χ1v) is 7.64. The summed E-state index contributed by atoms with van der Waals surface area (Å²) in [6.45, 7) is 6.84. The van der Waals surface area contributed by atoms with Crippen molar-refractivity contribution in [2.45, 2.75) is 26.2 Å². The molecule has 0 N–H and O–H groups in total. The summed E-state index contributed by atoms with van der Waals surface area (Å²) in [5, 5.41) is 0. The Morgan fingerprint density at radius 2 is 1.57 bits per heavy atom. The fraction of sp³-hybridized carbons (Fsp3) is 0.238. The van der Waals surface area contributed by atoms with Gasteiger partial charge in [-0.3, -0.25) is 0 Å². The molecule has 2 unspecified atom stereocenters. The molecule has 1 aliphatic carbocycles. The second kappa shape index (κ2) is 5.37. The SMILES string of the molecule is CC1=CC(C)C(C)(c2ccccc2-c2ccccc2)C=C1. The average molecular weight is 274 g/mol. The maximum absolute atomic E-state index is 2.38. The molecular formula is C21H22. The van der Waals surface area contributed by atoms with E-state index in [2.05, 4.69) is 93.6 Å². The van der Waals surface area contributed by atoms with Gasteiger partial charge in [0.15, 0.2) is 0 Å². The molecule has 0 radical (unpaired) electrons. The van der Waals surface area contributed by atoms with Crippen molar-refractivity contribution < 1.29 is 0 Å². The molecule has 0 spiro atoms. The number of rotatable bonds is 2. The Morgan fingerprint density at radius 3 is 2.29 bits per heavy atom. The summed E-state index contributed by atoms with van der Waals surface area (Å²) in [7, 11) is 0. The normalized spacial score (nSPS) is 24.7. The zero-order valence-electron chi connectivity index (χ0n) is 13.0. The summed E-state index contributed by atoms with van der Waals surface area (Å²) >= 11 is 0. The standard InChI is InChI=1S/C21H22/c1-16-13-14-21(3,17(2)15-16)20-12-8-7-11-19(20)18-9-5-4-6-10-18/h4-15,17H,1-3H3. The number of allylic oxidation sites excluding steroid dienone is 4. The lowest BCUT2D eigenvalue weighted by atomic mass is 9.67. The first kappa shape index (κ1) is 13.9. The van der Waals surface area contributed by atoms with Crippen LogP contribution in [0.2, 0.25) is 0 Å². The molecule has 0 nitrogen and oxygen atoms in total. The highest BCUT2D eigenvalue weighted by atomic mass is 14.4. The van der Waals surface area contributed by atoms with Gasteiger partial charge in [-0.05, 0) is 29.5 Å². The third-order valence-electron chi connectivity index (χ3n) is 4.74. The summed E-state index contributed by atoms with van der Waals surface area (Å²) in [5.41, 5.74) is 5.44. The van der Waals surface area contributed by atoms with Crippen molar-refractivity contribution in [3.8, 4) is 11.1 Å². The molecule has 0 fully saturated rings. The number of hydrogen-bond donors (Lipinski definition) is 0. The number of hydrogen-bond acceptors (Lipinski definition) is 0. The van der Waals surface area contributed by atoms with Crippen LogP contribution in [-0.4, -0.2) is 0 Å². The van der Waals surface area contributed by atoms with Crippen LogP contribution < -0.4 is 0 Å². The zero-order valence-corrected chi connectivity index (χ0v) is 13.0. The minimum Gasteiger partial charge on any atom is -0.0776 e. The Labute approximate surface area is 127 Å². The molecule has 0 heterocycles. The van der Waals surface area contributed by atoms with E-state index in [1.165, 1.54) is 22.3 Å². The number of benzene rings is 2. The third kappa shape index (κ3) is 2.47. The first-order valence-electron chi connectivity index (χ1n) is 7.64. The van der Waals surface area contributed by atoms with E-state index >= 15 is 0 Å². The van der Waals surface area contributed by atoms with Gasteiger partial charge in [0.25, 0.3) is 0 Å². The Bertz CT molecular complexity index is 691. The Balaban J connectivity index is 2.14. The predicted molar refractivity (Wildman–Crippen MR) is 91.3 cm³/mol. The third-order valence-corrected chi connectivity index (χ3v) is 4.74. The molecule has 1 aliphatic rings. The van der Waals surface area contributed by atoms with Crippen LogP contribution in [0.25, 0.3) is 11.1 Å². The first-order chi connectivity index (χ1) is 10.1. The van der Waals surface area contributed by atoms with Gasteiger partial charge < -0.3 is 0 Å². The Kier molecular flexibility index (Phi) is 3.55. The van der Waals surface area contributed by atoms with Gasteiger partial charge in [0.05, 0.1) is 0 Å². The van der Waals surface area contributed by atoms with Gasteiger partial charge in [0.2, 0.25) is 0 Å². The summed E-state index contributed by atoms with van der Waals surface area (Å²) in [6.07, 6.45) is 7.00. The van der Waals surface area contributed by atoms with Crippen LogP contribution in [0.1, 0.15) is 26.3 Å². The molecule has 106 valence electrons. The zero-order chi connectivity index (χ0) is 14.9. The largest absolute Gasteiger partial charge is 0.0776 e. The van der Waals surface area contributed by atoms with Crippen LogP contribution >= 0.6 is 0 Å². The van der Waals surface area contributed by atoms with Crippen molar-refractivity contribution in [1.82, 2.24) is 0 Å². The lowest BCUT2D eigenvalue weighted by Gasteiger charge is -2.36. The van der Waals surface area contributed by atoms with E-state index in [1.54, 1.807) is 0 Å². The molecule has 0 heteroatoms. The quantitative estimate of drug-likeness (QED) is 0.652. The average Bonchev–Trinajstić information content (AvgIpc) is 2.52. The molecule has 2 atom stereocenters. The van der Waals surface area contributed by atoms with Crippen LogP contribution in [0.3, 0.4) is 0 Å². The highest BCUT2D eigenvalue weighted by Gasteiger charge is 2.33. The highest BCUT2D eigenvalue weighted by Crippen LogP contribution is 2.42. The molecule has 0 bridgehead atoms. The van der Waals surface area contributed by atoms with Gasteiger partial charge in [-0.2, -0.15) is 0 Å². The van der Waals surface area contributed by atoms with Gasteiger partial charge in [0, 0.05) is 5.41 Å².